The fourth-order valence-electron chi connectivity index (χ4n) is 3.15. The zero-order chi connectivity index (χ0) is 20.9. The van der Waals surface area contributed by atoms with Gasteiger partial charge in [-0.2, -0.15) is 5.26 Å². The molecular weight excluding hydrogens is 388 g/mol. The molecule has 2 aromatic rings. The van der Waals surface area contributed by atoms with Gasteiger partial charge in [0.05, 0.1) is 24.2 Å². The second-order valence-electron chi connectivity index (χ2n) is 7.45. The lowest BCUT2D eigenvalue weighted by atomic mass is 10.1. The van der Waals surface area contributed by atoms with Gasteiger partial charge in [-0.25, -0.2) is 8.93 Å². The maximum Gasteiger partial charge on any atom is 0.164 e. The first kappa shape index (κ1) is 21.6. The summed E-state index contributed by atoms with van der Waals surface area (Å²) in [5.74, 6) is -0.854. The molecule has 29 heavy (non-hydrogen) atoms. The van der Waals surface area contributed by atoms with Crippen molar-refractivity contribution in [1.29, 1.82) is 5.26 Å². The molecule has 0 aromatic heterocycles. The van der Waals surface area contributed by atoms with Gasteiger partial charge in [0.1, 0.15) is 29.2 Å². The third-order valence-electron chi connectivity index (χ3n) is 4.55. The van der Waals surface area contributed by atoms with E-state index in [2.05, 4.69) is 10.8 Å². The molecule has 3 rings (SSSR count). The van der Waals surface area contributed by atoms with Crippen LogP contribution in [0.2, 0.25) is 0 Å². The van der Waals surface area contributed by atoms with E-state index in [1.165, 1.54) is 0 Å². The molecule has 1 heterocycles. The van der Waals surface area contributed by atoms with Gasteiger partial charge in [-0.05, 0) is 38.5 Å². The highest BCUT2D eigenvalue weighted by molar-refractivity contribution is 7.83. The van der Waals surface area contributed by atoms with E-state index in [4.69, 9.17) is 14.2 Å². The number of hydrogen-bond acceptors (Lipinski definition) is 5. The zero-order valence-electron chi connectivity index (χ0n) is 16.8. The van der Waals surface area contributed by atoms with Crippen molar-refractivity contribution in [1.82, 2.24) is 4.72 Å². The first-order valence-corrected chi connectivity index (χ1v) is 10.6. The van der Waals surface area contributed by atoms with Gasteiger partial charge >= 0.3 is 0 Å². The van der Waals surface area contributed by atoms with Crippen LogP contribution < -0.4 is 4.72 Å². The van der Waals surface area contributed by atoms with Gasteiger partial charge in [-0.15, -0.1) is 0 Å². The van der Waals surface area contributed by atoms with Gasteiger partial charge in [0.15, 0.2) is 5.79 Å². The van der Waals surface area contributed by atoms with E-state index in [1.54, 1.807) is 26.0 Å². The third-order valence-corrected chi connectivity index (χ3v) is 5.72. The van der Waals surface area contributed by atoms with Crippen LogP contribution in [0.3, 0.4) is 0 Å². The van der Waals surface area contributed by atoms with Crippen molar-refractivity contribution >= 4 is 11.0 Å². The lowest BCUT2D eigenvalue weighted by molar-refractivity contribution is -0.151. The Morgan fingerprint density at radius 3 is 2.52 bits per heavy atom. The minimum absolute atomic E-state index is 0.264. The van der Waals surface area contributed by atoms with Crippen LogP contribution in [-0.2, 0) is 31.8 Å². The maximum atomic E-state index is 12.7. The van der Waals surface area contributed by atoms with E-state index in [0.717, 1.165) is 11.1 Å². The van der Waals surface area contributed by atoms with Gasteiger partial charge in [0.25, 0.3) is 0 Å². The Hall–Kier alpha value is -2.08. The summed E-state index contributed by atoms with van der Waals surface area (Å²) < 4.78 is 33.2. The summed E-state index contributed by atoms with van der Waals surface area (Å²) in [6, 6.07) is 18.5. The molecule has 2 aromatic carbocycles. The fraction of sp³-hybridized carbons (Fsp3) is 0.409. The van der Waals surface area contributed by atoms with Crippen molar-refractivity contribution in [3.63, 3.8) is 0 Å². The SMILES string of the molecule is Cc1ccc([S@](=O)N[C@H](C#N)[C@@H]2OC(C)(C)O[C@H]2COCc2ccccc2)cc1. The van der Waals surface area contributed by atoms with E-state index in [-0.39, 0.29) is 6.61 Å². The average Bonchev–Trinajstić information content (AvgIpc) is 3.01. The van der Waals surface area contributed by atoms with Crippen LogP contribution in [0.25, 0.3) is 0 Å². The number of nitrogens with one attached hydrogen (secondary N) is 1. The molecule has 1 saturated heterocycles. The molecule has 1 aliphatic rings. The van der Waals surface area contributed by atoms with Gasteiger partial charge in [0, 0.05) is 0 Å². The van der Waals surface area contributed by atoms with Gasteiger partial charge < -0.3 is 14.2 Å². The van der Waals surface area contributed by atoms with Crippen molar-refractivity contribution in [2.24, 2.45) is 0 Å². The van der Waals surface area contributed by atoms with Crippen LogP contribution in [-0.4, -0.2) is 34.9 Å². The number of aryl methyl sites for hydroxylation is 1. The maximum absolute atomic E-state index is 12.7. The molecule has 154 valence electrons. The van der Waals surface area contributed by atoms with E-state index < -0.39 is 35.0 Å². The van der Waals surface area contributed by atoms with Crippen LogP contribution in [0.1, 0.15) is 25.0 Å². The highest BCUT2D eigenvalue weighted by Crippen LogP contribution is 2.30. The smallest absolute Gasteiger partial charge is 0.164 e. The zero-order valence-corrected chi connectivity index (χ0v) is 17.6. The predicted molar refractivity (Wildman–Crippen MR) is 110 cm³/mol. The summed E-state index contributed by atoms with van der Waals surface area (Å²) >= 11 is 0. The number of nitriles is 1. The van der Waals surface area contributed by atoms with Crippen molar-refractivity contribution in [3.8, 4) is 6.07 Å². The van der Waals surface area contributed by atoms with E-state index in [9.17, 15) is 9.47 Å². The quantitative estimate of drug-likeness (QED) is 0.717. The first-order chi connectivity index (χ1) is 13.9. The Balaban J connectivity index is 1.64. The second kappa shape index (κ2) is 9.61. The number of ether oxygens (including phenoxy) is 3. The molecule has 4 atom stereocenters. The lowest BCUT2D eigenvalue weighted by Gasteiger charge is -2.22. The predicted octanol–water partition coefficient (Wildman–Crippen LogP) is 3.24. The van der Waals surface area contributed by atoms with Crippen LogP contribution in [0.15, 0.2) is 59.5 Å². The first-order valence-electron chi connectivity index (χ1n) is 9.49. The number of benzene rings is 2. The van der Waals surface area contributed by atoms with E-state index in [0.29, 0.717) is 11.5 Å². The molecule has 6 nitrogen and oxygen atoms in total. The van der Waals surface area contributed by atoms with Crippen LogP contribution in [0.5, 0.6) is 0 Å². The molecule has 1 aliphatic heterocycles. The summed E-state index contributed by atoms with van der Waals surface area (Å²) in [6.07, 6.45) is -1.07. The summed E-state index contributed by atoms with van der Waals surface area (Å²) in [5, 5.41) is 9.69. The molecule has 1 fully saturated rings. The largest absolute Gasteiger partial charge is 0.374 e. The molecule has 7 heteroatoms. The van der Waals surface area contributed by atoms with Crippen molar-refractivity contribution in [2.75, 3.05) is 6.61 Å². The second-order valence-corrected chi connectivity index (χ2v) is 8.69. The lowest BCUT2D eigenvalue weighted by Crippen LogP contribution is -2.46. The van der Waals surface area contributed by atoms with Crippen molar-refractivity contribution in [3.05, 3.63) is 65.7 Å². The Labute approximate surface area is 174 Å². The molecule has 0 bridgehead atoms. The molecule has 0 unspecified atom stereocenters. The average molecular weight is 415 g/mol. The molecule has 0 amide bonds. The highest BCUT2D eigenvalue weighted by Gasteiger charge is 2.46. The highest BCUT2D eigenvalue weighted by atomic mass is 32.2. The summed E-state index contributed by atoms with van der Waals surface area (Å²) in [7, 11) is -1.54. The normalized spacial score (nSPS) is 22.7. The number of rotatable bonds is 8. The monoisotopic (exact) mass is 414 g/mol. The van der Waals surface area contributed by atoms with Crippen LogP contribution in [0, 0.1) is 18.3 Å². The summed E-state index contributed by atoms with van der Waals surface area (Å²) in [4.78, 5) is 0.603. The molecular formula is C22H26N2O4S. The number of nitrogens with zero attached hydrogens (tertiary/aromatic N) is 1. The Morgan fingerprint density at radius 1 is 1.17 bits per heavy atom. The summed E-state index contributed by atoms with van der Waals surface area (Å²) in [6.45, 7) is 6.25. The van der Waals surface area contributed by atoms with E-state index >= 15 is 0 Å². The van der Waals surface area contributed by atoms with Gasteiger partial charge in [-0.3, -0.25) is 0 Å². The summed E-state index contributed by atoms with van der Waals surface area (Å²) in [5.41, 5.74) is 2.13. The van der Waals surface area contributed by atoms with E-state index in [1.807, 2.05) is 49.4 Å². The Bertz CT molecular complexity index is 865. The fourth-order valence-corrected chi connectivity index (χ4v) is 4.09. The minimum Gasteiger partial charge on any atom is -0.374 e. The standard InChI is InChI=1S/C22H26N2O4S/c1-16-9-11-18(12-10-16)29(25)24-19(13-23)21-20(27-22(2,3)28-21)15-26-14-17-7-5-4-6-8-17/h4-12,19-21,24H,14-15H2,1-3H3/t19-,20+,21+,29+/m1/s1. The van der Waals surface area contributed by atoms with Gasteiger partial charge in [-0.1, -0.05) is 48.0 Å². The molecule has 1 N–H and O–H groups in total. The van der Waals surface area contributed by atoms with Crippen molar-refractivity contribution in [2.45, 2.75) is 56.3 Å². The van der Waals surface area contributed by atoms with Crippen LogP contribution >= 0.6 is 0 Å². The van der Waals surface area contributed by atoms with Crippen molar-refractivity contribution < 1.29 is 18.4 Å². The molecule has 0 aliphatic carbocycles. The minimum atomic E-state index is -1.54. The van der Waals surface area contributed by atoms with Crippen LogP contribution in [0.4, 0.5) is 0 Å². The number of hydrogen-bond donors (Lipinski definition) is 1. The van der Waals surface area contributed by atoms with Gasteiger partial charge in [0.2, 0.25) is 0 Å². The third kappa shape index (κ3) is 5.95. The molecule has 0 radical (unpaired) electrons. The Morgan fingerprint density at radius 2 is 1.86 bits per heavy atom. The molecule has 0 spiro atoms. The molecule has 0 saturated carbocycles. The Kier molecular flexibility index (Phi) is 7.17. The topological polar surface area (TPSA) is 80.6 Å².